The van der Waals surface area contributed by atoms with E-state index in [-0.39, 0.29) is 12.5 Å². The van der Waals surface area contributed by atoms with Crippen molar-refractivity contribution >= 4 is 34.8 Å². The Hall–Kier alpha value is -3.35. The maximum atomic E-state index is 14.2. The molecule has 0 atom stereocenters. The van der Waals surface area contributed by atoms with Gasteiger partial charge in [0, 0.05) is 21.2 Å². The number of amides is 1. The van der Waals surface area contributed by atoms with E-state index >= 15 is 0 Å². The van der Waals surface area contributed by atoms with Gasteiger partial charge in [-0.3, -0.25) is 9.48 Å². The third-order valence-corrected chi connectivity index (χ3v) is 6.97. The zero-order valence-electron chi connectivity index (χ0n) is 20.5. The Kier molecular flexibility index (Phi) is 7.67. The predicted octanol–water partition coefficient (Wildman–Crippen LogP) is 7.44. The fourth-order valence-electron chi connectivity index (χ4n) is 3.96. The number of ether oxygens (including phenoxy) is 1. The zero-order valence-corrected chi connectivity index (χ0v) is 22.0. The van der Waals surface area contributed by atoms with Crippen LogP contribution in [0, 0.1) is 33.5 Å². The molecule has 1 amide bonds. The van der Waals surface area contributed by atoms with Gasteiger partial charge in [-0.2, -0.15) is 5.10 Å². The summed E-state index contributed by atoms with van der Waals surface area (Å²) < 4.78 is 21.8. The van der Waals surface area contributed by atoms with Gasteiger partial charge in [0.1, 0.15) is 18.2 Å². The van der Waals surface area contributed by atoms with E-state index in [1.807, 2.05) is 45.0 Å². The molecule has 0 saturated carbocycles. The molecule has 4 aromatic rings. The van der Waals surface area contributed by atoms with Gasteiger partial charge in [0.25, 0.3) is 5.91 Å². The minimum absolute atomic E-state index is 0.162. The molecule has 4 rings (SSSR count). The SMILES string of the molecule is Cc1cc(OCc2ccc(C(=O)Nc3c(C)nn(Cc4c(F)cccc4Cl)c3C)cc2)cc(C)c1Cl. The molecule has 186 valence electrons. The highest BCUT2D eigenvalue weighted by Crippen LogP contribution is 2.27. The molecule has 0 aliphatic rings. The number of rotatable bonds is 7. The molecule has 3 aromatic carbocycles. The van der Waals surface area contributed by atoms with Crippen LogP contribution in [0.15, 0.2) is 54.6 Å². The summed E-state index contributed by atoms with van der Waals surface area (Å²) in [5, 5.41) is 8.48. The monoisotopic (exact) mass is 525 g/mol. The summed E-state index contributed by atoms with van der Waals surface area (Å²) in [5.74, 6) is 0.0861. The summed E-state index contributed by atoms with van der Waals surface area (Å²) in [6.07, 6.45) is 0. The average molecular weight is 526 g/mol. The molecule has 1 N–H and O–H groups in total. The highest BCUT2D eigenvalue weighted by atomic mass is 35.5. The Morgan fingerprint density at radius 2 is 1.69 bits per heavy atom. The van der Waals surface area contributed by atoms with Gasteiger partial charge in [0.05, 0.1) is 23.6 Å². The Morgan fingerprint density at radius 3 is 2.33 bits per heavy atom. The molecule has 0 aliphatic carbocycles. The number of aromatic nitrogens is 2. The molecule has 0 fully saturated rings. The van der Waals surface area contributed by atoms with Crippen molar-refractivity contribution in [2.24, 2.45) is 0 Å². The van der Waals surface area contributed by atoms with Crippen molar-refractivity contribution in [3.8, 4) is 5.75 Å². The summed E-state index contributed by atoms with van der Waals surface area (Å²) in [7, 11) is 0. The number of hydrogen-bond donors (Lipinski definition) is 1. The molecule has 1 heterocycles. The minimum Gasteiger partial charge on any atom is -0.489 e. The summed E-state index contributed by atoms with van der Waals surface area (Å²) in [6.45, 7) is 8.03. The van der Waals surface area contributed by atoms with Crippen LogP contribution in [0.5, 0.6) is 5.75 Å². The number of nitrogens with one attached hydrogen (secondary N) is 1. The first-order chi connectivity index (χ1) is 17.1. The second-order valence-electron chi connectivity index (χ2n) is 8.71. The second kappa shape index (κ2) is 10.7. The van der Waals surface area contributed by atoms with Crippen molar-refractivity contribution in [2.45, 2.75) is 40.8 Å². The van der Waals surface area contributed by atoms with Crippen molar-refractivity contribution < 1.29 is 13.9 Å². The fourth-order valence-corrected chi connectivity index (χ4v) is 4.29. The van der Waals surface area contributed by atoms with Crippen LogP contribution in [0.25, 0.3) is 0 Å². The van der Waals surface area contributed by atoms with E-state index in [2.05, 4.69) is 10.4 Å². The van der Waals surface area contributed by atoms with Gasteiger partial charge in [-0.05, 0) is 80.8 Å². The lowest BCUT2D eigenvalue weighted by molar-refractivity contribution is 0.102. The van der Waals surface area contributed by atoms with Gasteiger partial charge >= 0.3 is 0 Å². The van der Waals surface area contributed by atoms with Gasteiger partial charge in [0.15, 0.2) is 0 Å². The number of nitrogens with zero attached hydrogens (tertiary/aromatic N) is 2. The molecule has 0 unspecified atom stereocenters. The molecule has 0 bridgehead atoms. The van der Waals surface area contributed by atoms with Crippen LogP contribution in [-0.4, -0.2) is 15.7 Å². The number of carbonyl (C=O) groups excluding carboxylic acids is 1. The number of halogens is 3. The molecule has 1 aromatic heterocycles. The Morgan fingerprint density at radius 1 is 1.03 bits per heavy atom. The molecule has 8 heteroatoms. The van der Waals surface area contributed by atoms with Crippen LogP contribution < -0.4 is 10.1 Å². The first kappa shape index (κ1) is 25.7. The van der Waals surface area contributed by atoms with Crippen molar-refractivity contribution in [3.05, 3.63) is 110 Å². The Balaban J connectivity index is 1.43. The summed E-state index contributed by atoms with van der Waals surface area (Å²) in [4.78, 5) is 12.9. The Labute approximate surface area is 219 Å². The first-order valence-electron chi connectivity index (χ1n) is 11.4. The molecule has 36 heavy (non-hydrogen) atoms. The number of benzene rings is 3. The number of carbonyl (C=O) groups is 1. The van der Waals surface area contributed by atoms with E-state index in [4.69, 9.17) is 27.9 Å². The van der Waals surface area contributed by atoms with Gasteiger partial charge in [-0.25, -0.2) is 4.39 Å². The summed E-state index contributed by atoms with van der Waals surface area (Å²) in [5.41, 5.74) is 5.64. The van der Waals surface area contributed by atoms with Crippen molar-refractivity contribution in [3.63, 3.8) is 0 Å². The van der Waals surface area contributed by atoms with Crippen LogP contribution in [0.1, 0.15) is 44.0 Å². The smallest absolute Gasteiger partial charge is 0.255 e. The Bertz CT molecular complexity index is 1390. The predicted molar refractivity (Wildman–Crippen MR) is 142 cm³/mol. The minimum atomic E-state index is -0.397. The second-order valence-corrected chi connectivity index (χ2v) is 9.50. The highest BCUT2D eigenvalue weighted by molar-refractivity contribution is 6.32. The first-order valence-corrected chi connectivity index (χ1v) is 12.2. The van der Waals surface area contributed by atoms with E-state index in [1.54, 1.807) is 35.9 Å². The van der Waals surface area contributed by atoms with E-state index < -0.39 is 5.82 Å². The van der Waals surface area contributed by atoms with Crippen molar-refractivity contribution in [1.82, 2.24) is 9.78 Å². The standard InChI is InChI=1S/C28H26Cl2FN3O2/c1-16-12-22(13-17(2)26(16)30)36-15-20-8-10-21(11-9-20)28(35)32-27-18(3)33-34(19(27)4)14-23-24(29)6-5-7-25(23)31/h5-13H,14-15H2,1-4H3,(H,32,35). The maximum absolute atomic E-state index is 14.2. The number of anilines is 1. The summed E-state index contributed by atoms with van der Waals surface area (Å²) in [6, 6.07) is 15.6. The molecular formula is C28H26Cl2FN3O2. The van der Waals surface area contributed by atoms with Crippen LogP contribution in [0.4, 0.5) is 10.1 Å². The normalized spacial score (nSPS) is 11.0. The van der Waals surface area contributed by atoms with Gasteiger partial charge in [-0.15, -0.1) is 0 Å². The van der Waals surface area contributed by atoms with Gasteiger partial charge < -0.3 is 10.1 Å². The lowest BCUT2D eigenvalue weighted by Gasteiger charge is -2.11. The molecule has 0 aliphatic heterocycles. The van der Waals surface area contributed by atoms with Crippen LogP contribution in [0.2, 0.25) is 10.0 Å². The van der Waals surface area contributed by atoms with Gasteiger partial charge in [0.2, 0.25) is 0 Å². The number of aryl methyl sites for hydroxylation is 3. The lowest BCUT2D eigenvalue weighted by Crippen LogP contribution is -2.13. The van der Waals surface area contributed by atoms with Crippen molar-refractivity contribution in [1.29, 1.82) is 0 Å². The van der Waals surface area contributed by atoms with E-state index in [1.165, 1.54) is 6.07 Å². The van der Waals surface area contributed by atoms with Crippen molar-refractivity contribution in [2.75, 3.05) is 5.32 Å². The molecule has 0 saturated heterocycles. The van der Waals surface area contributed by atoms with E-state index in [9.17, 15) is 9.18 Å². The largest absolute Gasteiger partial charge is 0.489 e. The third-order valence-electron chi connectivity index (χ3n) is 6.02. The molecule has 0 radical (unpaired) electrons. The lowest BCUT2D eigenvalue weighted by atomic mass is 10.1. The fraction of sp³-hybridized carbons (Fsp3) is 0.214. The van der Waals surface area contributed by atoms with E-state index in [0.29, 0.717) is 39.8 Å². The average Bonchev–Trinajstić information content (AvgIpc) is 3.11. The number of hydrogen-bond acceptors (Lipinski definition) is 3. The molecule has 0 spiro atoms. The van der Waals surface area contributed by atoms with Crippen LogP contribution in [0.3, 0.4) is 0 Å². The highest BCUT2D eigenvalue weighted by Gasteiger charge is 2.17. The summed E-state index contributed by atoms with van der Waals surface area (Å²) >= 11 is 12.4. The molecular weight excluding hydrogens is 500 g/mol. The van der Waals surface area contributed by atoms with Crippen LogP contribution in [-0.2, 0) is 13.2 Å². The topological polar surface area (TPSA) is 56.1 Å². The van der Waals surface area contributed by atoms with E-state index in [0.717, 1.165) is 27.5 Å². The quantitative estimate of drug-likeness (QED) is 0.272. The third kappa shape index (κ3) is 5.55. The van der Waals surface area contributed by atoms with Crippen LogP contribution >= 0.6 is 23.2 Å². The molecule has 5 nitrogen and oxygen atoms in total. The van der Waals surface area contributed by atoms with Gasteiger partial charge in [-0.1, -0.05) is 41.4 Å². The maximum Gasteiger partial charge on any atom is 0.255 e. The zero-order chi connectivity index (χ0) is 26.0.